The minimum Gasteiger partial charge on any atom is -0.106 e. The highest BCUT2D eigenvalue weighted by molar-refractivity contribution is 7.57. The fourth-order valence-electron chi connectivity index (χ4n) is 2.61. The lowest BCUT2D eigenvalue weighted by Gasteiger charge is -2.11. The molecule has 1 aliphatic heterocycles. The molecule has 0 aromatic heterocycles. The number of benzene rings is 1. The van der Waals surface area contributed by atoms with Crippen molar-refractivity contribution in [2.75, 3.05) is 18.5 Å². The summed E-state index contributed by atoms with van der Waals surface area (Å²) in [5, 5.41) is 0. The highest BCUT2D eigenvalue weighted by atomic mass is 31.1. The molecule has 16 heavy (non-hydrogen) atoms. The molecule has 2 atom stereocenters. The van der Waals surface area contributed by atoms with Crippen LogP contribution < -0.4 is 0 Å². The first-order valence-electron chi connectivity index (χ1n) is 6.64. The van der Waals surface area contributed by atoms with Gasteiger partial charge in [-0.3, -0.25) is 0 Å². The molecule has 1 saturated heterocycles. The van der Waals surface area contributed by atoms with Gasteiger partial charge in [0, 0.05) is 0 Å². The monoisotopic (exact) mass is 234 g/mol. The second-order valence-electron chi connectivity index (χ2n) is 5.00. The summed E-state index contributed by atoms with van der Waals surface area (Å²) in [6.07, 6.45) is 10.3. The molecule has 2 rings (SSSR count). The number of unbranched alkanes of at least 4 members (excludes halogenated alkanes) is 1. The average Bonchev–Trinajstić information content (AvgIpc) is 2.75. The standard InChI is InChI=1S/C15H23P/c1-2-3-10-16-11-9-15(13-16)12-14-7-5-4-6-8-14/h4-8,15H,2-3,9-13H2,1H3. The topological polar surface area (TPSA) is 0 Å². The summed E-state index contributed by atoms with van der Waals surface area (Å²) in [5.41, 5.74) is 1.54. The number of rotatable bonds is 5. The Hall–Kier alpha value is -0.350. The molecule has 1 heteroatoms. The summed E-state index contributed by atoms with van der Waals surface area (Å²) in [4.78, 5) is 0. The SMILES string of the molecule is CCCCP1CCC(Cc2ccccc2)C1. The lowest BCUT2D eigenvalue weighted by Crippen LogP contribution is -2.02. The Balaban J connectivity index is 1.76. The molecular formula is C15H23P. The predicted octanol–water partition coefficient (Wildman–Crippen LogP) is 4.53. The van der Waals surface area contributed by atoms with Gasteiger partial charge in [0.25, 0.3) is 0 Å². The van der Waals surface area contributed by atoms with Gasteiger partial charge in [0.05, 0.1) is 0 Å². The fourth-order valence-corrected chi connectivity index (χ4v) is 5.74. The van der Waals surface area contributed by atoms with Crippen molar-refractivity contribution in [3.63, 3.8) is 0 Å². The van der Waals surface area contributed by atoms with E-state index in [1.807, 2.05) is 0 Å². The third kappa shape index (κ3) is 3.59. The van der Waals surface area contributed by atoms with Crippen molar-refractivity contribution in [2.45, 2.75) is 32.6 Å². The van der Waals surface area contributed by atoms with Crippen molar-refractivity contribution in [3.8, 4) is 0 Å². The van der Waals surface area contributed by atoms with E-state index in [0.717, 1.165) is 5.92 Å². The van der Waals surface area contributed by atoms with E-state index in [2.05, 4.69) is 37.3 Å². The molecule has 2 unspecified atom stereocenters. The largest absolute Gasteiger partial charge is 0.106 e. The van der Waals surface area contributed by atoms with E-state index in [9.17, 15) is 0 Å². The molecule has 0 bridgehead atoms. The molecule has 1 heterocycles. The number of hydrogen-bond acceptors (Lipinski definition) is 0. The van der Waals surface area contributed by atoms with Crippen LogP contribution in [0.3, 0.4) is 0 Å². The Kier molecular flexibility index (Phi) is 4.85. The van der Waals surface area contributed by atoms with Crippen LogP contribution in [-0.4, -0.2) is 18.5 Å². The summed E-state index contributed by atoms with van der Waals surface area (Å²) in [6, 6.07) is 11.0. The third-order valence-corrected chi connectivity index (χ3v) is 6.44. The number of hydrogen-bond donors (Lipinski definition) is 0. The lowest BCUT2D eigenvalue weighted by molar-refractivity contribution is 0.595. The zero-order valence-corrected chi connectivity index (χ0v) is 11.3. The summed E-state index contributed by atoms with van der Waals surface area (Å²) in [5.74, 6) is 0.991. The van der Waals surface area contributed by atoms with Crippen molar-refractivity contribution < 1.29 is 0 Å². The van der Waals surface area contributed by atoms with Gasteiger partial charge >= 0.3 is 0 Å². The highest BCUT2D eigenvalue weighted by Crippen LogP contribution is 2.47. The zero-order valence-electron chi connectivity index (χ0n) is 10.4. The van der Waals surface area contributed by atoms with Crippen LogP contribution in [0.25, 0.3) is 0 Å². The first-order chi connectivity index (χ1) is 7.88. The van der Waals surface area contributed by atoms with Gasteiger partial charge in [-0.1, -0.05) is 43.7 Å². The second kappa shape index (κ2) is 6.40. The van der Waals surface area contributed by atoms with Crippen LogP contribution in [0.1, 0.15) is 31.7 Å². The van der Waals surface area contributed by atoms with E-state index in [1.165, 1.54) is 31.8 Å². The molecule has 88 valence electrons. The van der Waals surface area contributed by atoms with E-state index >= 15 is 0 Å². The summed E-state index contributed by atoms with van der Waals surface area (Å²) < 4.78 is 0. The maximum absolute atomic E-state index is 2.31. The lowest BCUT2D eigenvalue weighted by atomic mass is 9.99. The van der Waals surface area contributed by atoms with E-state index < -0.39 is 0 Å². The summed E-state index contributed by atoms with van der Waals surface area (Å²) in [7, 11) is 0.413. The molecule has 0 spiro atoms. The van der Waals surface area contributed by atoms with E-state index in [1.54, 1.807) is 17.9 Å². The zero-order chi connectivity index (χ0) is 11.2. The van der Waals surface area contributed by atoms with E-state index in [-0.39, 0.29) is 0 Å². The first-order valence-corrected chi connectivity index (χ1v) is 8.54. The van der Waals surface area contributed by atoms with Gasteiger partial charge in [-0.15, -0.1) is 7.92 Å². The van der Waals surface area contributed by atoms with Crippen LogP contribution in [0, 0.1) is 5.92 Å². The van der Waals surface area contributed by atoms with Gasteiger partial charge in [-0.2, -0.15) is 0 Å². The van der Waals surface area contributed by atoms with E-state index in [4.69, 9.17) is 0 Å². The molecule has 1 aliphatic rings. The minimum atomic E-state index is 0.413. The quantitative estimate of drug-likeness (QED) is 0.656. The van der Waals surface area contributed by atoms with Gasteiger partial charge < -0.3 is 0 Å². The van der Waals surface area contributed by atoms with Gasteiger partial charge in [-0.25, -0.2) is 0 Å². The predicted molar refractivity (Wildman–Crippen MR) is 74.7 cm³/mol. The first kappa shape index (κ1) is 12.1. The Morgan fingerprint density at radius 2 is 2.06 bits per heavy atom. The third-order valence-electron chi connectivity index (χ3n) is 3.57. The molecule has 1 aromatic rings. The minimum absolute atomic E-state index is 0.413. The highest BCUT2D eigenvalue weighted by Gasteiger charge is 2.23. The van der Waals surface area contributed by atoms with Crippen LogP contribution in [0.4, 0.5) is 0 Å². The van der Waals surface area contributed by atoms with Crippen LogP contribution >= 0.6 is 7.92 Å². The summed E-state index contributed by atoms with van der Waals surface area (Å²) >= 11 is 0. The molecule has 0 aliphatic carbocycles. The molecule has 0 amide bonds. The van der Waals surface area contributed by atoms with Crippen molar-refractivity contribution >= 4 is 7.92 Å². The molecule has 0 radical (unpaired) electrons. The van der Waals surface area contributed by atoms with Crippen LogP contribution in [0.5, 0.6) is 0 Å². The van der Waals surface area contributed by atoms with Gasteiger partial charge in [0.1, 0.15) is 0 Å². The smallest absolute Gasteiger partial charge is 0.0247 e. The van der Waals surface area contributed by atoms with Crippen molar-refractivity contribution in [2.24, 2.45) is 5.92 Å². The maximum Gasteiger partial charge on any atom is -0.0247 e. The van der Waals surface area contributed by atoms with Crippen LogP contribution in [0.2, 0.25) is 0 Å². The molecule has 0 nitrogen and oxygen atoms in total. The molecule has 1 aromatic carbocycles. The molecular weight excluding hydrogens is 211 g/mol. The summed E-state index contributed by atoms with van der Waals surface area (Å²) in [6.45, 7) is 2.31. The molecule has 1 fully saturated rings. The van der Waals surface area contributed by atoms with Crippen molar-refractivity contribution in [3.05, 3.63) is 35.9 Å². The molecule has 0 N–H and O–H groups in total. The maximum atomic E-state index is 2.31. The Labute approximate surface area is 101 Å². The van der Waals surface area contributed by atoms with E-state index in [0.29, 0.717) is 7.92 Å². The Morgan fingerprint density at radius 3 is 2.81 bits per heavy atom. The fraction of sp³-hybridized carbons (Fsp3) is 0.600. The van der Waals surface area contributed by atoms with Crippen molar-refractivity contribution in [1.82, 2.24) is 0 Å². The van der Waals surface area contributed by atoms with Gasteiger partial charge in [0.15, 0.2) is 0 Å². The van der Waals surface area contributed by atoms with Gasteiger partial charge in [-0.05, 0) is 49.2 Å². The van der Waals surface area contributed by atoms with Crippen molar-refractivity contribution in [1.29, 1.82) is 0 Å². The molecule has 0 saturated carbocycles. The van der Waals surface area contributed by atoms with Crippen LogP contribution in [-0.2, 0) is 6.42 Å². The average molecular weight is 234 g/mol. The van der Waals surface area contributed by atoms with Gasteiger partial charge in [0.2, 0.25) is 0 Å². The Morgan fingerprint density at radius 1 is 1.25 bits per heavy atom. The second-order valence-corrected chi connectivity index (χ2v) is 7.60. The van der Waals surface area contributed by atoms with Crippen LogP contribution in [0.15, 0.2) is 30.3 Å². The Bertz CT molecular complexity index is 294. The normalized spacial score (nSPS) is 24.8.